The maximum atomic E-state index is 10.9. The minimum absolute atomic E-state index is 0.159. The first-order valence-corrected chi connectivity index (χ1v) is 14.3. The number of rotatable bonds is 6. The van der Waals surface area contributed by atoms with Crippen LogP contribution in [0.5, 0.6) is 0 Å². The second kappa shape index (κ2) is 7.46. The topological polar surface area (TPSA) is 40.5 Å². The first kappa shape index (κ1) is 23.7. The van der Waals surface area contributed by atoms with E-state index in [1.165, 1.54) is 70.6 Å². The van der Waals surface area contributed by atoms with Gasteiger partial charge in [0.05, 0.1) is 12.7 Å². The molecule has 5 rings (SSSR count). The van der Waals surface area contributed by atoms with E-state index in [-0.39, 0.29) is 18.1 Å². The smallest absolute Gasteiger partial charge is 0.0618 e. The number of aliphatic hydroxyl groups is 2. The highest BCUT2D eigenvalue weighted by atomic mass is 16.3. The van der Waals surface area contributed by atoms with E-state index in [9.17, 15) is 10.2 Å². The van der Waals surface area contributed by atoms with Gasteiger partial charge in [-0.15, -0.1) is 0 Å². The van der Waals surface area contributed by atoms with Crippen LogP contribution in [0.4, 0.5) is 0 Å². The molecule has 5 fully saturated rings. The average molecular weight is 445 g/mol. The number of hydrogen-bond acceptors (Lipinski definition) is 2. The lowest BCUT2D eigenvalue weighted by Crippen LogP contribution is -2.59. The summed E-state index contributed by atoms with van der Waals surface area (Å²) in [5.41, 5.74) is 1.67. The minimum atomic E-state index is -0.315. The highest BCUT2D eigenvalue weighted by Crippen LogP contribution is 2.89. The van der Waals surface area contributed by atoms with E-state index in [1.807, 2.05) is 0 Å². The lowest BCUT2D eigenvalue weighted by atomic mass is 9.41. The minimum Gasteiger partial charge on any atom is -0.396 e. The molecule has 2 spiro atoms. The molecule has 184 valence electrons. The molecule has 0 saturated heterocycles. The van der Waals surface area contributed by atoms with Crippen LogP contribution in [0.1, 0.15) is 119 Å². The predicted molar refractivity (Wildman–Crippen MR) is 132 cm³/mol. The van der Waals surface area contributed by atoms with Gasteiger partial charge in [-0.3, -0.25) is 0 Å². The molecule has 0 aromatic rings. The summed E-state index contributed by atoms with van der Waals surface area (Å²) in [7, 11) is 0. The zero-order valence-electron chi connectivity index (χ0n) is 22.1. The lowest BCUT2D eigenvalue weighted by molar-refractivity contribution is -0.174. The van der Waals surface area contributed by atoms with Crippen LogP contribution in [0.15, 0.2) is 0 Å². The van der Waals surface area contributed by atoms with E-state index in [1.54, 1.807) is 0 Å². The van der Waals surface area contributed by atoms with Gasteiger partial charge in [0, 0.05) is 5.41 Å². The molecule has 10 atom stereocenters. The molecule has 0 radical (unpaired) electrons. The zero-order chi connectivity index (χ0) is 23.2. The van der Waals surface area contributed by atoms with Gasteiger partial charge in [-0.05, 0) is 109 Å². The molecule has 5 aliphatic rings. The molecule has 0 aromatic heterocycles. The summed E-state index contributed by atoms with van der Waals surface area (Å²) in [4.78, 5) is 0. The highest BCUT2D eigenvalue weighted by molar-refractivity contribution is 5.30. The molecule has 0 unspecified atom stereocenters. The summed E-state index contributed by atoms with van der Waals surface area (Å²) in [6.45, 7) is 15.1. The van der Waals surface area contributed by atoms with Crippen LogP contribution in [0.3, 0.4) is 0 Å². The Labute approximate surface area is 198 Å². The van der Waals surface area contributed by atoms with Crippen molar-refractivity contribution < 1.29 is 10.2 Å². The van der Waals surface area contributed by atoms with E-state index in [0.29, 0.717) is 27.6 Å². The SMILES string of the molecule is CC(C)CCC[C@@H](C)[C@H]1CC[C@@]2(C)[C@@H]3CC[C@@H]4[C@@](C)(CO)[C@@H](O)CC[C@@]45C[C@@]35CC[C@]12C. The lowest BCUT2D eigenvalue weighted by Gasteiger charge is -2.63. The van der Waals surface area contributed by atoms with Gasteiger partial charge in [-0.2, -0.15) is 0 Å². The Hall–Kier alpha value is -0.0800. The number of hydrogen-bond donors (Lipinski definition) is 2. The van der Waals surface area contributed by atoms with E-state index in [4.69, 9.17) is 0 Å². The van der Waals surface area contributed by atoms with Gasteiger partial charge in [-0.1, -0.05) is 60.8 Å². The highest BCUT2D eigenvalue weighted by Gasteiger charge is 2.82. The van der Waals surface area contributed by atoms with Crippen LogP contribution in [-0.4, -0.2) is 22.9 Å². The summed E-state index contributed by atoms with van der Waals surface area (Å²) in [5, 5.41) is 21.2. The van der Waals surface area contributed by atoms with Crippen LogP contribution < -0.4 is 0 Å². The number of fused-ring (bicyclic) bond motifs is 2. The van der Waals surface area contributed by atoms with Crippen molar-refractivity contribution in [2.24, 2.45) is 56.7 Å². The van der Waals surface area contributed by atoms with Gasteiger partial charge < -0.3 is 10.2 Å². The molecular formula is C30H52O2. The van der Waals surface area contributed by atoms with E-state index < -0.39 is 0 Å². The monoisotopic (exact) mass is 444 g/mol. The summed E-state index contributed by atoms with van der Waals surface area (Å²) in [6, 6.07) is 0. The van der Waals surface area contributed by atoms with Gasteiger partial charge in [0.2, 0.25) is 0 Å². The van der Waals surface area contributed by atoms with Gasteiger partial charge in [-0.25, -0.2) is 0 Å². The van der Waals surface area contributed by atoms with Crippen molar-refractivity contribution in [2.45, 2.75) is 125 Å². The molecule has 0 amide bonds. The molecule has 2 N–H and O–H groups in total. The molecule has 5 aliphatic carbocycles. The zero-order valence-corrected chi connectivity index (χ0v) is 22.1. The third kappa shape index (κ3) is 2.78. The summed E-state index contributed by atoms with van der Waals surface area (Å²) < 4.78 is 0. The normalized spacial score (nSPS) is 55.0. The van der Waals surface area contributed by atoms with Gasteiger partial charge in [0.1, 0.15) is 0 Å². The Morgan fingerprint density at radius 3 is 2.16 bits per heavy atom. The van der Waals surface area contributed by atoms with E-state index >= 15 is 0 Å². The largest absolute Gasteiger partial charge is 0.396 e. The molecule has 0 bridgehead atoms. The fourth-order valence-corrected chi connectivity index (χ4v) is 11.4. The van der Waals surface area contributed by atoms with Crippen molar-refractivity contribution in [1.29, 1.82) is 0 Å². The standard InChI is InChI=1S/C30H52O2/c1-20(2)8-7-9-21(3)22-12-14-28(6)24-11-10-23-26(4,19-31)25(32)13-15-29(23)18-30(24,29)17-16-27(22,28)5/h20-25,31-32H,7-19H2,1-6H3/t21-,22-,23-,24+,25+,26-,27-,28+,29-,30+/m1/s1. The first-order chi connectivity index (χ1) is 15.0. The van der Waals surface area contributed by atoms with E-state index in [2.05, 4.69) is 41.5 Å². The summed E-state index contributed by atoms with van der Waals surface area (Å²) in [6.07, 6.45) is 15.7. The van der Waals surface area contributed by atoms with Crippen LogP contribution >= 0.6 is 0 Å². The van der Waals surface area contributed by atoms with Gasteiger partial charge in [0.25, 0.3) is 0 Å². The Morgan fingerprint density at radius 2 is 1.47 bits per heavy atom. The van der Waals surface area contributed by atoms with Crippen molar-refractivity contribution in [3.63, 3.8) is 0 Å². The quantitative estimate of drug-likeness (QED) is 0.454. The fraction of sp³-hybridized carbons (Fsp3) is 1.00. The third-order valence-electron chi connectivity index (χ3n) is 13.4. The maximum Gasteiger partial charge on any atom is 0.0618 e. The molecule has 0 aliphatic heterocycles. The Balaban J connectivity index is 1.39. The van der Waals surface area contributed by atoms with Crippen molar-refractivity contribution in [1.82, 2.24) is 0 Å². The van der Waals surface area contributed by atoms with Crippen LogP contribution in [-0.2, 0) is 0 Å². The summed E-state index contributed by atoms with van der Waals surface area (Å²) >= 11 is 0. The van der Waals surface area contributed by atoms with Crippen LogP contribution in [0.2, 0.25) is 0 Å². The number of aliphatic hydroxyl groups excluding tert-OH is 2. The Morgan fingerprint density at radius 1 is 0.781 bits per heavy atom. The fourth-order valence-electron chi connectivity index (χ4n) is 11.4. The maximum absolute atomic E-state index is 10.9. The summed E-state index contributed by atoms with van der Waals surface area (Å²) in [5.74, 6) is 4.00. The molecule has 0 aromatic carbocycles. The van der Waals surface area contributed by atoms with Crippen LogP contribution in [0, 0.1) is 56.7 Å². The van der Waals surface area contributed by atoms with Crippen molar-refractivity contribution in [2.75, 3.05) is 6.61 Å². The molecule has 5 saturated carbocycles. The molecule has 32 heavy (non-hydrogen) atoms. The third-order valence-corrected chi connectivity index (χ3v) is 13.4. The van der Waals surface area contributed by atoms with Crippen molar-refractivity contribution in [3.05, 3.63) is 0 Å². The second-order valence-electron chi connectivity index (χ2n) is 14.7. The average Bonchev–Trinajstić information content (AvgIpc) is 3.33. The Bertz CT molecular complexity index is 732. The molecule has 2 heteroatoms. The second-order valence-corrected chi connectivity index (χ2v) is 14.7. The Kier molecular flexibility index (Phi) is 5.51. The van der Waals surface area contributed by atoms with Crippen LogP contribution in [0.25, 0.3) is 0 Å². The molecule has 0 heterocycles. The molecule has 2 nitrogen and oxygen atoms in total. The first-order valence-electron chi connectivity index (χ1n) is 14.3. The van der Waals surface area contributed by atoms with Crippen molar-refractivity contribution >= 4 is 0 Å². The predicted octanol–water partition coefficient (Wildman–Crippen LogP) is 7.22. The van der Waals surface area contributed by atoms with Gasteiger partial charge >= 0.3 is 0 Å². The molecular weight excluding hydrogens is 392 g/mol. The van der Waals surface area contributed by atoms with Gasteiger partial charge in [0.15, 0.2) is 0 Å². The van der Waals surface area contributed by atoms with Crippen molar-refractivity contribution in [3.8, 4) is 0 Å². The van der Waals surface area contributed by atoms with E-state index in [0.717, 1.165) is 30.1 Å².